The molecule has 6 nitrogen and oxygen atoms in total. The number of benzene rings is 1. The average Bonchev–Trinajstić information content (AvgIpc) is 2.34. The fraction of sp³-hybridized carbons (Fsp3) is 0.250. The Labute approximate surface area is 104 Å². The van der Waals surface area contributed by atoms with Crippen LogP contribution in [-0.4, -0.2) is 36.3 Å². The lowest BCUT2D eigenvalue weighted by Crippen LogP contribution is -2.25. The molecule has 96 valence electrons. The first kappa shape index (κ1) is 13.7. The van der Waals surface area contributed by atoms with Gasteiger partial charge in [-0.2, -0.15) is 0 Å². The number of rotatable bonds is 6. The number of primary amides is 1. The summed E-state index contributed by atoms with van der Waals surface area (Å²) < 4.78 is 4.99. The number of amides is 1. The standard InChI is InChI=1S/C12H14N2O4/c1-18-9-4-2-8(3-5-9)7-14-10(12(16)17)6-11(13)15/h2-5,7,10H,6H2,1H3,(H2,13,15)(H,16,17). The molecule has 1 amide bonds. The molecule has 1 atom stereocenters. The predicted octanol–water partition coefficient (Wildman–Crippen LogP) is 0.443. The Morgan fingerprint density at radius 2 is 2.06 bits per heavy atom. The highest BCUT2D eigenvalue weighted by Gasteiger charge is 2.17. The third-order valence-electron chi connectivity index (χ3n) is 2.20. The maximum absolute atomic E-state index is 10.8. The summed E-state index contributed by atoms with van der Waals surface area (Å²) in [6, 6.07) is 5.76. The van der Waals surface area contributed by atoms with E-state index in [4.69, 9.17) is 15.6 Å². The molecule has 0 aliphatic heterocycles. The molecule has 1 aromatic carbocycles. The molecule has 0 bridgehead atoms. The molecule has 1 aromatic rings. The topological polar surface area (TPSA) is 102 Å². The van der Waals surface area contributed by atoms with Crippen molar-refractivity contribution in [3.8, 4) is 5.75 Å². The van der Waals surface area contributed by atoms with Gasteiger partial charge in [0.1, 0.15) is 5.75 Å². The first-order valence-corrected chi connectivity index (χ1v) is 5.21. The second-order valence-electron chi connectivity index (χ2n) is 3.58. The van der Waals surface area contributed by atoms with Crippen molar-refractivity contribution in [3.05, 3.63) is 29.8 Å². The molecule has 0 spiro atoms. The Hall–Kier alpha value is -2.37. The van der Waals surface area contributed by atoms with Crippen LogP contribution in [0.1, 0.15) is 12.0 Å². The van der Waals surface area contributed by atoms with Crippen LogP contribution in [0.15, 0.2) is 29.3 Å². The summed E-state index contributed by atoms with van der Waals surface area (Å²) >= 11 is 0. The number of hydrogen-bond donors (Lipinski definition) is 2. The van der Waals surface area contributed by atoms with Gasteiger partial charge in [-0.05, 0) is 29.8 Å². The monoisotopic (exact) mass is 250 g/mol. The van der Waals surface area contributed by atoms with E-state index in [1.54, 1.807) is 31.4 Å². The fourth-order valence-corrected chi connectivity index (χ4v) is 1.26. The number of hydrogen-bond acceptors (Lipinski definition) is 4. The summed E-state index contributed by atoms with van der Waals surface area (Å²) in [4.78, 5) is 25.3. The number of nitrogens with two attached hydrogens (primary N) is 1. The van der Waals surface area contributed by atoms with E-state index in [9.17, 15) is 9.59 Å². The van der Waals surface area contributed by atoms with Crippen LogP contribution in [0, 0.1) is 0 Å². The molecule has 3 N–H and O–H groups in total. The highest BCUT2D eigenvalue weighted by Crippen LogP contribution is 2.10. The van der Waals surface area contributed by atoms with Crippen LogP contribution in [0.25, 0.3) is 0 Å². The van der Waals surface area contributed by atoms with Gasteiger partial charge < -0.3 is 15.6 Å². The zero-order valence-corrected chi connectivity index (χ0v) is 9.87. The molecule has 0 aromatic heterocycles. The molecule has 0 aliphatic rings. The molecule has 0 aliphatic carbocycles. The SMILES string of the molecule is COc1ccc(C=NC(CC(N)=O)C(=O)O)cc1. The van der Waals surface area contributed by atoms with Gasteiger partial charge in [-0.1, -0.05) is 0 Å². The van der Waals surface area contributed by atoms with E-state index in [2.05, 4.69) is 4.99 Å². The van der Waals surface area contributed by atoms with Gasteiger partial charge in [0, 0.05) is 6.21 Å². The van der Waals surface area contributed by atoms with Crippen LogP contribution >= 0.6 is 0 Å². The Morgan fingerprint density at radius 1 is 1.44 bits per heavy atom. The molecule has 0 saturated carbocycles. The number of carboxylic acid groups (broad SMARTS) is 1. The lowest BCUT2D eigenvalue weighted by atomic mass is 10.2. The fourth-order valence-electron chi connectivity index (χ4n) is 1.26. The predicted molar refractivity (Wildman–Crippen MR) is 65.8 cm³/mol. The van der Waals surface area contributed by atoms with E-state index in [1.807, 2.05) is 0 Å². The van der Waals surface area contributed by atoms with Gasteiger partial charge in [0.25, 0.3) is 0 Å². The van der Waals surface area contributed by atoms with Crippen molar-refractivity contribution >= 4 is 18.1 Å². The summed E-state index contributed by atoms with van der Waals surface area (Å²) in [5.41, 5.74) is 5.66. The highest BCUT2D eigenvalue weighted by molar-refractivity contribution is 5.87. The maximum Gasteiger partial charge on any atom is 0.328 e. The van der Waals surface area contributed by atoms with Crippen LogP contribution in [-0.2, 0) is 9.59 Å². The Kier molecular flexibility index (Phi) is 4.86. The van der Waals surface area contributed by atoms with E-state index < -0.39 is 17.9 Å². The van der Waals surface area contributed by atoms with Crippen LogP contribution in [0.3, 0.4) is 0 Å². The normalized spacial score (nSPS) is 12.3. The molecular formula is C12H14N2O4. The van der Waals surface area contributed by atoms with Crippen molar-refractivity contribution in [2.45, 2.75) is 12.5 Å². The Bertz CT molecular complexity index is 454. The number of carbonyl (C=O) groups excluding carboxylic acids is 1. The lowest BCUT2D eigenvalue weighted by Gasteiger charge is -2.04. The Morgan fingerprint density at radius 3 is 2.50 bits per heavy atom. The van der Waals surface area contributed by atoms with Gasteiger partial charge in [0.2, 0.25) is 5.91 Å². The number of aliphatic carboxylic acids is 1. The summed E-state index contributed by atoms with van der Waals surface area (Å²) in [6.07, 6.45) is 1.07. The molecule has 18 heavy (non-hydrogen) atoms. The minimum Gasteiger partial charge on any atom is -0.497 e. The molecule has 6 heteroatoms. The molecule has 0 heterocycles. The number of carbonyl (C=O) groups is 2. The minimum atomic E-state index is -1.18. The summed E-state index contributed by atoms with van der Waals surface area (Å²) in [5, 5.41) is 8.84. The summed E-state index contributed by atoms with van der Waals surface area (Å²) in [6.45, 7) is 0. The number of ether oxygens (including phenoxy) is 1. The highest BCUT2D eigenvalue weighted by atomic mass is 16.5. The van der Waals surface area contributed by atoms with Crippen molar-refractivity contribution in [2.75, 3.05) is 7.11 Å². The van der Waals surface area contributed by atoms with Crippen molar-refractivity contribution in [1.82, 2.24) is 0 Å². The van der Waals surface area contributed by atoms with Gasteiger partial charge >= 0.3 is 5.97 Å². The van der Waals surface area contributed by atoms with E-state index >= 15 is 0 Å². The molecule has 1 unspecified atom stereocenters. The van der Waals surface area contributed by atoms with Crippen LogP contribution in [0.4, 0.5) is 0 Å². The number of methoxy groups -OCH3 is 1. The van der Waals surface area contributed by atoms with Crippen LogP contribution in [0.2, 0.25) is 0 Å². The summed E-state index contributed by atoms with van der Waals surface area (Å²) in [7, 11) is 1.55. The molecule has 1 rings (SSSR count). The molecular weight excluding hydrogens is 236 g/mol. The average molecular weight is 250 g/mol. The lowest BCUT2D eigenvalue weighted by molar-refractivity contribution is -0.140. The van der Waals surface area contributed by atoms with Crippen molar-refractivity contribution in [3.63, 3.8) is 0 Å². The van der Waals surface area contributed by atoms with Gasteiger partial charge in [0.05, 0.1) is 13.5 Å². The minimum absolute atomic E-state index is 0.317. The molecule has 0 fully saturated rings. The Balaban J connectivity index is 2.75. The zero-order valence-electron chi connectivity index (χ0n) is 9.87. The van der Waals surface area contributed by atoms with E-state index in [1.165, 1.54) is 6.21 Å². The first-order chi connectivity index (χ1) is 8.52. The number of aliphatic imine (C=N–C) groups is 1. The van der Waals surface area contributed by atoms with E-state index in [0.717, 1.165) is 0 Å². The second-order valence-corrected chi connectivity index (χ2v) is 3.58. The van der Waals surface area contributed by atoms with Gasteiger partial charge in [0.15, 0.2) is 6.04 Å². The second kappa shape index (κ2) is 6.39. The van der Waals surface area contributed by atoms with Gasteiger partial charge in [-0.25, -0.2) is 4.79 Å². The van der Waals surface area contributed by atoms with Crippen molar-refractivity contribution < 1.29 is 19.4 Å². The number of nitrogens with zero attached hydrogens (tertiary/aromatic N) is 1. The van der Waals surface area contributed by atoms with Crippen molar-refractivity contribution in [1.29, 1.82) is 0 Å². The molecule has 0 saturated heterocycles. The zero-order chi connectivity index (χ0) is 13.5. The van der Waals surface area contributed by atoms with Crippen LogP contribution in [0.5, 0.6) is 5.75 Å². The third kappa shape index (κ3) is 4.25. The maximum atomic E-state index is 10.8. The number of carboxylic acids is 1. The molecule has 0 radical (unpaired) electrons. The third-order valence-corrected chi connectivity index (χ3v) is 2.20. The van der Waals surface area contributed by atoms with E-state index in [-0.39, 0.29) is 6.42 Å². The van der Waals surface area contributed by atoms with Gasteiger partial charge in [-0.3, -0.25) is 9.79 Å². The van der Waals surface area contributed by atoms with Crippen molar-refractivity contribution in [2.24, 2.45) is 10.7 Å². The smallest absolute Gasteiger partial charge is 0.328 e. The largest absolute Gasteiger partial charge is 0.497 e. The van der Waals surface area contributed by atoms with E-state index in [0.29, 0.717) is 11.3 Å². The first-order valence-electron chi connectivity index (χ1n) is 5.21. The quantitative estimate of drug-likeness (QED) is 0.715. The summed E-state index contributed by atoms with van der Waals surface area (Å²) in [5.74, 6) is -1.19. The van der Waals surface area contributed by atoms with Gasteiger partial charge in [-0.15, -0.1) is 0 Å². The van der Waals surface area contributed by atoms with Crippen LogP contribution < -0.4 is 10.5 Å².